The Hall–Kier alpha value is -1.05. The van der Waals surface area contributed by atoms with Crippen molar-refractivity contribution in [3.05, 3.63) is 29.3 Å². The molecule has 0 saturated heterocycles. The summed E-state index contributed by atoms with van der Waals surface area (Å²) in [7, 11) is 0. The number of halogens is 4. The SMILES string of the molecule is FC(F)(F)CNNC(=S)Nc1cccc(Cl)c1. The van der Waals surface area contributed by atoms with Crippen molar-refractivity contribution < 1.29 is 13.2 Å². The van der Waals surface area contributed by atoms with Gasteiger partial charge in [0.05, 0.1) is 0 Å². The summed E-state index contributed by atoms with van der Waals surface area (Å²) in [4.78, 5) is 0. The van der Waals surface area contributed by atoms with E-state index < -0.39 is 12.7 Å². The Labute approximate surface area is 106 Å². The maximum absolute atomic E-state index is 11.8. The quantitative estimate of drug-likeness (QED) is 0.589. The molecule has 0 atom stereocenters. The van der Waals surface area contributed by atoms with Gasteiger partial charge in [0, 0.05) is 10.7 Å². The molecule has 0 amide bonds. The van der Waals surface area contributed by atoms with Crippen LogP contribution in [-0.2, 0) is 0 Å². The molecule has 3 N–H and O–H groups in total. The molecule has 3 nitrogen and oxygen atoms in total. The Balaban J connectivity index is 2.35. The topological polar surface area (TPSA) is 36.1 Å². The lowest BCUT2D eigenvalue weighted by molar-refractivity contribution is -0.125. The van der Waals surface area contributed by atoms with Gasteiger partial charge in [-0.05, 0) is 30.4 Å². The van der Waals surface area contributed by atoms with Crippen LogP contribution in [0, 0.1) is 0 Å². The Morgan fingerprint density at radius 2 is 2.06 bits per heavy atom. The highest BCUT2D eigenvalue weighted by molar-refractivity contribution is 7.80. The van der Waals surface area contributed by atoms with Crippen LogP contribution in [0.2, 0.25) is 5.02 Å². The first kappa shape index (κ1) is 14.0. The highest BCUT2D eigenvalue weighted by atomic mass is 35.5. The van der Waals surface area contributed by atoms with Crippen molar-refractivity contribution >= 4 is 34.6 Å². The van der Waals surface area contributed by atoms with Crippen molar-refractivity contribution in [3.8, 4) is 0 Å². The molecule has 0 bridgehead atoms. The minimum Gasteiger partial charge on any atom is -0.332 e. The zero-order chi connectivity index (χ0) is 12.9. The van der Waals surface area contributed by atoms with E-state index in [1.54, 1.807) is 24.3 Å². The second-order valence-corrected chi connectivity index (χ2v) is 3.90. The van der Waals surface area contributed by atoms with E-state index in [4.69, 9.17) is 23.8 Å². The normalized spacial score (nSPS) is 11.1. The van der Waals surface area contributed by atoms with E-state index >= 15 is 0 Å². The molecule has 17 heavy (non-hydrogen) atoms. The van der Waals surface area contributed by atoms with E-state index in [9.17, 15) is 13.2 Å². The van der Waals surface area contributed by atoms with E-state index in [0.717, 1.165) is 0 Å². The van der Waals surface area contributed by atoms with Crippen molar-refractivity contribution in [3.63, 3.8) is 0 Å². The van der Waals surface area contributed by atoms with Gasteiger partial charge >= 0.3 is 6.18 Å². The molecular formula is C9H9ClF3N3S. The molecule has 0 aliphatic rings. The summed E-state index contributed by atoms with van der Waals surface area (Å²) in [5.41, 5.74) is 4.75. The summed E-state index contributed by atoms with van der Waals surface area (Å²) in [5.74, 6) is 0. The van der Waals surface area contributed by atoms with Crippen LogP contribution in [0.5, 0.6) is 0 Å². The molecule has 0 heterocycles. The highest BCUT2D eigenvalue weighted by Gasteiger charge is 2.26. The number of benzene rings is 1. The standard InChI is InChI=1S/C9H9ClF3N3S/c10-6-2-1-3-7(4-6)15-8(17)16-14-5-9(11,12)13/h1-4,14H,5H2,(H2,15,16,17). The van der Waals surface area contributed by atoms with Gasteiger partial charge in [0.15, 0.2) is 5.11 Å². The van der Waals surface area contributed by atoms with E-state index in [1.807, 2.05) is 5.43 Å². The van der Waals surface area contributed by atoms with Crippen molar-refractivity contribution in [2.45, 2.75) is 6.18 Å². The number of rotatable bonds is 3. The first-order chi connectivity index (χ1) is 7.87. The minimum absolute atomic E-state index is 0.0246. The third-order valence-corrected chi connectivity index (χ3v) is 2.01. The van der Waals surface area contributed by atoms with E-state index in [2.05, 4.69) is 10.7 Å². The maximum Gasteiger partial charge on any atom is 0.402 e. The summed E-state index contributed by atoms with van der Waals surface area (Å²) in [6.07, 6.45) is -4.29. The van der Waals surface area contributed by atoms with Gasteiger partial charge in [0.25, 0.3) is 0 Å². The Morgan fingerprint density at radius 1 is 1.35 bits per heavy atom. The molecule has 94 valence electrons. The molecule has 0 aliphatic heterocycles. The van der Waals surface area contributed by atoms with Gasteiger partial charge in [-0.25, -0.2) is 5.43 Å². The first-order valence-electron chi connectivity index (χ1n) is 4.49. The minimum atomic E-state index is -4.29. The lowest BCUT2D eigenvalue weighted by Gasteiger charge is -2.12. The summed E-state index contributed by atoms with van der Waals surface area (Å²) in [5, 5.41) is 3.20. The van der Waals surface area contributed by atoms with E-state index in [-0.39, 0.29) is 5.11 Å². The maximum atomic E-state index is 11.8. The number of nitrogens with one attached hydrogen (secondary N) is 3. The number of alkyl halides is 3. The molecule has 8 heteroatoms. The van der Waals surface area contributed by atoms with Crippen molar-refractivity contribution in [1.82, 2.24) is 10.9 Å². The van der Waals surface area contributed by atoms with Crippen LogP contribution in [0.25, 0.3) is 0 Å². The van der Waals surface area contributed by atoms with Gasteiger partial charge in [0.2, 0.25) is 0 Å². The van der Waals surface area contributed by atoms with Gasteiger partial charge in [-0.15, -0.1) is 0 Å². The number of hydrazine groups is 1. The Morgan fingerprint density at radius 3 is 2.65 bits per heavy atom. The average molecular weight is 284 g/mol. The summed E-state index contributed by atoms with van der Waals surface area (Å²) in [6, 6.07) is 6.64. The monoisotopic (exact) mass is 283 g/mol. The van der Waals surface area contributed by atoms with E-state index in [0.29, 0.717) is 10.7 Å². The lowest BCUT2D eigenvalue weighted by Crippen LogP contribution is -2.44. The van der Waals surface area contributed by atoms with Crippen molar-refractivity contribution in [2.75, 3.05) is 11.9 Å². The highest BCUT2D eigenvalue weighted by Crippen LogP contribution is 2.14. The van der Waals surface area contributed by atoms with Crippen LogP contribution in [0.3, 0.4) is 0 Å². The third-order valence-electron chi connectivity index (χ3n) is 1.57. The molecule has 0 aliphatic carbocycles. The predicted octanol–water partition coefficient (Wildman–Crippen LogP) is 2.69. The third kappa shape index (κ3) is 6.30. The Kier molecular flexibility index (Phi) is 4.98. The molecular weight excluding hydrogens is 275 g/mol. The van der Waals surface area contributed by atoms with Crippen molar-refractivity contribution in [1.29, 1.82) is 0 Å². The predicted molar refractivity (Wildman–Crippen MR) is 64.9 cm³/mol. The van der Waals surface area contributed by atoms with Gasteiger partial charge < -0.3 is 5.32 Å². The van der Waals surface area contributed by atoms with Gasteiger partial charge in [-0.2, -0.15) is 13.2 Å². The fourth-order valence-corrected chi connectivity index (χ4v) is 1.33. The van der Waals surface area contributed by atoms with Crippen LogP contribution >= 0.6 is 23.8 Å². The number of hydrogen-bond acceptors (Lipinski definition) is 2. The average Bonchev–Trinajstić information content (AvgIpc) is 2.15. The fraction of sp³-hybridized carbons (Fsp3) is 0.222. The molecule has 1 aromatic carbocycles. The van der Waals surface area contributed by atoms with Crippen LogP contribution in [0.1, 0.15) is 0 Å². The molecule has 1 aromatic rings. The second-order valence-electron chi connectivity index (χ2n) is 3.06. The molecule has 0 unspecified atom stereocenters. The number of hydrogen-bond donors (Lipinski definition) is 3. The smallest absolute Gasteiger partial charge is 0.332 e. The second kappa shape index (κ2) is 6.04. The lowest BCUT2D eigenvalue weighted by atomic mass is 10.3. The number of anilines is 1. The van der Waals surface area contributed by atoms with Crippen LogP contribution in [0.4, 0.5) is 18.9 Å². The van der Waals surface area contributed by atoms with Crippen LogP contribution in [0.15, 0.2) is 24.3 Å². The number of thiocarbonyl (C=S) groups is 1. The van der Waals surface area contributed by atoms with Gasteiger partial charge in [-0.1, -0.05) is 17.7 Å². The molecule has 0 radical (unpaired) electrons. The molecule has 0 saturated carbocycles. The molecule has 0 fully saturated rings. The summed E-state index contributed by atoms with van der Waals surface area (Å²) < 4.78 is 35.4. The molecule has 0 spiro atoms. The Bertz CT molecular complexity index is 397. The summed E-state index contributed by atoms with van der Waals surface area (Å²) >= 11 is 10.5. The first-order valence-corrected chi connectivity index (χ1v) is 5.27. The van der Waals surface area contributed by atoms with Crippen LogP contribution in [-0.4, -0.2) is 17.8 Å². The zero-order valence-corrected chi connectivity index (χ0v) is 10.0. The largest absolute Gasteiger partial charge is 0.402 e. The van der Waals surface area contributed by atoms with Gasteiger partial charge in [-0.3, -0.25) is 5.43 Å². The van der Waals surface area contributed by atoms with Crippen molar-refractivity contribution in [2.24, 2.45) is 0 Å². The molecule has 1 rings (SSSR count). The van der Waals surface area contributed by atoms with Crippen LogP contribution < -0.4 is 16.2 Å². The van der Waals surface area contributed by atoms with E-state index in [1.165, 1.54) is 0 Å². The molecule has 0 aromatic heterocycles. The fourth-order valence-electron chi connectivity index (χ4n) is 0.953. The zero-order valence-electron chi connectivity index (χ0n) is 8.44. The summed E-state index contributed by atoms with van der Waals surface area (Å²) in [6.45, 7) is -1.18. The van der Waals surface area contributed by atoms with Gasteiger partial charge in [0.1, 0.15) is 6.54 Å².